The number of halogens is 3. The van der Waals surface area contributed by atoms with Crippen LogP contribution in [-0.4, -0.2) is 24.2 Å². The van der Waals surface area contributed by atoms with Gasteiger partial charge >= 0.3 is 0 Å². The molecule has 1 aromatic carbocycles. The quantitative estimate of drug-likeness (QED) is 0.794. The van der Waals surface area contributed by atoms with Crippen molar-refractivity contribution < 1.29 is 23.0 Å². The third-order valence-electron chi connectivity index (χ3n) is 2.63. The lowest BCUT2D eigenvalue weighted by molar-refractivity contribution is 0.272. The maximum Gasteiger partial charge on any atom is 0.225 e. The van der Waals surface area contributed by atoms with Crippen molar-refractivity contribution in [3.05, 3.63) is 40.8 Å². The van der Waals surface area contributed by atoms with Gasteiger partial charge in [-0.25, -0.2) is 13.8 Å². The summed E-state index contributed by atoms with van der Waals surface area (Å²) in [4.78, 5) is 7.43. The molecule has 0 spiro atoms. The Morgan fingerprint density at radius 3 is 2.29 bits per heavy atom. The first-order valence-corrected chi connectivity index (χ1v) is 6.14. The first-order valence-electron chi connectivity index (χ1n) is 5.77. The Labute approximate surface area is 124 Å². The predicted molar refractivity (Wildman–Crippen MR) is 70.8 cm³/mol. The van der Waals surface area contributed by atoms with Gasteiger partial charge in [-0.2, -0.15) is 4.98 Å². The molecule has 112 valence electrons. The van der Waals surface area contributed by atoms with Gasteiger partial charge in [0.1, 0.15) is 6.61 Å². The van der Waals surface area contributed by atoms with Crippen LogP contribution in [0.5, 0.6) is 17.4 Å². The topological polar surface area (TPSA) is 53.5 Å². The van der Waals surface area contributed by atoms with Crippen molar-refractivity contribution >= 4 is 11.6 Å². The Morgan fingerprint density at radius 1 is 1.14 bits per heavy atom. The van der Waals surface area contributed by atoms with Crippen molar-refractivity contribution in [2.45, 2.75) is 6.61 Å². The lowest BCUT2D eigenvalue weighted by Crippen LogP contribution is -2.06. The zero-order valence-electron chi connectivity index (χ0n) is 11.2. The van der Waals surface area contributed by atoms with E-state index in [0.717, 1.165) is 6.07 Å². The van der Waals surface area contributed by atoms with E-state index < -0.39 is 18.2 Å². The van der Waals surface area contributed by atoms with Gasteiger partial charge in [0.15, 0.2) is 23.1 Å². The lowest BCUT2D eigenvalue weighted by Gasteiger charge is -2.13. The average molecular weight is 317 g/mol. The molecule has 0 unspecified atom stereocenters. The lowest BCUT2D eigenvalue weighted by atomic mass is 10.1. The van der Waals surface area contributed by atoms with Crippen LogP contribution in [0.25, 0.3) is 0 Å². The van der Waals surface area contributed by atoms with Gasteiger partial charge in [-0.1, -0.05) is 0 Å². The Kier molecular flexibility index (Phi) is 4.74. The van der Waals surface area contributed by atoms with E-state index >= 15 is 0 Å². The fraction of sp³-hybridized carbons (Fsp3) is 0.231. The SMILES string of the molecule is COc1cc(OC)c(F)c(COc2ccnc(Cl)n2)c1F. The Hall–Kier alpha value is -2.15. The normalized spacial score (nSPS) is 10.3. The van der Waals surface area contributed by atoms with Crippen LogP contribution < -0.4 is 14.2 Å². The minimum absolute atomic E-state index is 0.0309. The van der Waals surface area contributed by atoms with E-state index in [1.54, 1.807) is 0 Å². The minimum atomic E-state index is -0.865. The molecule has 0 radical (unpaired) electrons. The summed E-state index contributed by atoms with van der Waals surface area (Å²) in [5.74, 6) is -1.93. The first kappa shape index (κ1) is 15.2. The van der Waals surface area contributed by atoms with Gasteiger partial charge in [0.05, 0.1) is 19.8 Å². The molecule has 1 heterocycles. The van der Waals surface area contributed by atoms with Gasteiger partial charge in [-0.15, -0.1) is 0 Å². The molecule has 0 saturated carbocycles. The van der Waals surface area contributed by atoms with Crippen LogP contribution in [-0.2, 0) is 6.61 Å². The molecule has 2 rings (SSSR count). The molecule has 1 aromatic heterocycles. The van der Waals surface area contributed by atoms with Crippen molar-refractivity contribution in [3.8, 4) is 17.4 Å². The van der Waals surface area contributed by atoms with Gasteiger partial charge in [0, 0.05) is 18.3 Å². The summed E-state index contributed by atoms with van der Waals surface area (Å²) in [5.41, 5.74) is -0.332. The number of methoxy groups -OCH3 is 2. The number of rotatable bonds is 5. The molecule has 0 N–H and O–H groups in total. The zero-order valence-corrected chi connectivity index (χ0v) is 11.9. The number of aromatic nitrogens is 2. The highest BCUT2D eigenvalue weighted by molar-refractivity contribution is 6.28. The third-order valence-corrected chi connectivity index (χ3v) is 2.81. The summed E-state index contributed by atoms with van der Waals surface area (Å²) < 4.78 is 43.0. The van der Waals surface area contributed by atoms with E-state index in [0.29, 0.717) is 0 Å². The predicted octanol–water partition coefficient (Wildman–Crippen LogP) is 3.00. The highest BCUT2D eigenvalue weighted by atomic mass is 35.5. The molecule has 0 aliphatic heterocycles. The number of hydrogen-bond donors (Lipinski definition) is 0. The van der Waals surface area contributed by atoms with Gasteiger partial charge in [0.2, 0.25) is 11.2 Å². The fourth-order valence-electron chi connectivity index (χ4n) is 1.61. The number of nitrogens with zero attached hydrogens (tertiary/aromatic N) is 2. The van der Waals surface area contributed by atoms with Crippen LogP contribution in [0.4, 0.5) is 8.78 Å². The minimum Gasteiger partial charge on any atom is -0.494 e. The average Bonchev–Trinajstić information content (AvgIpc) is 2.47. The summed E-state index contributed by atoms with van der Waals surface area (Å²) in [6.07, 6.45) is 1.36. The zero-order chi connectivity index (χ0) is 15.4. The number of hydrogen-bond acceptors (Lipinski definition) is 5. The molecule has 8 heteroatoms. The standard InChI is InChI=1S/C13H11ClF2N2O3/c1-19-8-5-9(20-2)12(16)7(11(8)15)6-21-10-3-4-17-13(14)18-10/h3-5H,6H2,1-2H3. The highest BCUT2D eigenvalue weighted by Crippen LogP contribution is 2.31. The van der Waals surface area contributed by atoms with Crippen LogP contribution in [0.15, 0.2) is 18.3 Å². The van der Waals surface area contributed by atoms with Crippen molar-refractivity contribution in [1.82, 2.24) is 9.97 Å². The maximum atomic E-state index is 14.1. The monoisotopic (exact) mass is 316 g/mol. The van der Waals surface area contributed by atoms with Crippen molar-refractivity contribution in [1.29, 1.82) is 0 Å². The molecule has 0 bridgehead atoms. The summed E-state index contributed by atoms with van der Waals surface area (Å²) in [6.45, 7) is -0.404. The summed E-state index contributed by atoms with van der Waals surface area (Å²) in [7, 11) is 2.54. The molecule has 2 aromatic rings. The fourth-order valence-corrected chi connectivity index (χ4v) is 1.75. The van der Waals surface area contributed by atoms with E-state index in [1.807, 2.05) is 0 Å². The smallest absolute Gasteiger partial charge is 0.225 e. The van der Waals surface area contributed by atoms with Crippen molar-refractivity contribution in [3.63, 3.8) is 0 Å². The number of benzene rings is 1. The second-order valence-corrected chi connectivity index (χ2v) is 4.18. The summed E-state index contributed by atoms with van der Waals surface area (Å²) >= 11 is 5.59. The van der Waals surface area contributed by atoms with Gasteiger partial charge in [0.25, 0.3) is 0 Å². The van der Waals surface area contributed by atoms with E-state index in [9.17, 15) is 8.78 Å². The Balaban J connectivity index is 2.30. The largest absolute Gasteiger partial charge is 0.494 e. The second kappa shape index (κ2) is 6.53. The van der Waals surface area contributed by atoms with E-state index in [-0.39, 0.29) is 28.2 Å². The van der Waals surface area contributed by atoms with Crippen molar-refractivity contribution in [2.24, 2.45) is 0 Å². The Bertz CT molecular complexity index is 627. The van der Waals surface area contributed by atoms with Crippen LogP contribution in [0.2, 0.25) is 5.28 Å². The van der Waals surface area contributed by atoms with E-state index in [1.165, 1.54) is 26.5 Å². The second-order valence-electron chi connectivity index (χ2n) is 3.84. The molecule has 0 fully saturated rings. The van der Waals surface area contributed by atoms with E-state index in [2.05, 4.69) is 9.97 Å². The van der Waals surface area contributed by atoms with Crippen LogP contribution in [0, 0.1) is 11.6 Å². The van der Waals surface area contributed by atoms with Gasteiger partial charge in [-0.05, 0) is 11.6 Å². The first-order chi connectivity index (χ1) is 10.1. The maximum absolute atomic E-state index is 14.1. The molecule has 0 saturated heterocycles. The van der Waals surface area contributed by atoms with Crippen molar-refractivity contribution in [2.75, 3.05) is 14.2 Å². The molecule has 0 amide bonds. The summed E-state index contributed by atoms with van der Waals surface area (Å²) in [6, 6.07) is 2.54. The van der Waals surface area contributed by atoms with Crippen LogP contribution in [0.3, 0.4) is 0 Å². The van der Waals surface area contributed by atoms with Crippen LogP contribution in [0.1, 0.15) is 5.56 Å². The third kappa shape index (κ3) is 3.30. The molecule has 0 aliphatic carbocycles. The van der Waals surface area contributed by atoms with Crippen LogP contribution >= 0.6 is 11.6 Å². The highest BCUT2D eigenvalue weighted by Gasteiger charge is 2.20. The molecule has 0 atom stereocenters. The molecule has 0 aliphatic rings. The summed E-state index contributed by atoms with van der Waals surface area (Å²) in [5, 5.41) is -0.0309. The molecule has 5 nitrogen and oxygen atoms in total. The van der Waals surface area contributed by atoms with Gasteiger partial charge < -0.3 is 14.2 Å². The molecule has 21 heavy (non-hydrogen) atoms. The molecular weight excluding hydrogens is 306 g/mol. The van der Waals surface area contributed by atoms with Gasteiger partial charge in [-0.3, -0.25) is 0 Å². The van der Waals surface area contributed by atoms with E-state index in [4.69, 9.17) is 25.8 Å². The number of ether oxygens (including phenoxy) is 3. The Morgan fingerprint density at radius 2 is 1.76 bits per heavy atom. The molecular formula is C13H11ClF2N2O3.